The number of ether oxygens (including phenoxy) is 1. The summed E-state index contributed by atoms with van der Waals surface area (Å²) in [7, 11) is 0. The van der Waals surface area contributed by atoms with Crippen LogP contribution in [0.4, 0.5) is 0 Å². The number of nitrogens with zero attached hydrogens (tertiary/aromatic N) is 3. The Balaban J connectivity index is 2.19. The van der Waals surface area contributed by atoms with Crippen molar-refractivity contribution in [2.75, 3.05) is 19.8 Å². The highest BCUT2D eigenvalue weighted by Gasteiger charge is 2.28. The smallest absolute Gasteiger partial charge is 0.147 e. The molecule has 2 unspecified atom stereocenters. The van der Waals surface area contributed by atoms with Gasteiger partial charge in [0.15, 0.2) is 0 Å². The summed E-state index contributed by atoms with van der Waals surface area (Å²) >= 11 is 0. The molecular weight excluding hydrogens is 204 g/mol. The van der Waals surface area contributed by atoms with Crippen LogP contribution in [0.15, 0.2) is 0 Å². The summed E-state index contributed by atoms with van der Waals surface area (Å²) in [4.78, 5) is 4.35. The molecule has 1 aromatic heterocycles. The van der Waals surface area contributed by atoms with Gasteiger partial charge in [-0.05, 0) is 26.8 Å². The number of aromatic nitrogens is 3. The summed E-state index contributed by atoms with van der Waals surface area (Å²) in [6, 6.07) is 0.716. The van der Waals surface area contributed by atoms with Crippen LogP contribution in [-0.4, -0.2) is 40.6 Å². The third-order valence-corrected chi connectivity index (χ3v) is 3.01. The normalized spacial score (nSPS) is 25.9. The summed E-state index contributed by atoms with van der Waals surface area (Å²) < 4.78 is 7.55. The number of hydrogen-bond acceptors (Lipinski definition) is 4. The number of rotatable bonds is 3. The topological polar surface area (TPSA) is 52.0 Å². The Kier molecular flexibility index (Phi) is 3.56. The lowest BCUT2D eigenvalue weighted by Crippen LogP contribution is -2.44. The van der Waals surface area contributed by atoms with Crippen LogP contribution in [0.5, 0.6) is 0 Å². The summed E-state index contributed by atoms with van der Waals surface area (Å²) in [6.45, 7) is 8.59. The van der Waals surface area contributed by atoms with Crippen LogP contribution in [0, 0.1) is 13.8 Å². The largest absolute Gasteiger partial charge is 0.379 e. The Morgan fingerprint density at radius 2 is 2.31 bits per heavy atom. The van der Waals surface area contributed by atoms with Crippen molar-refractivity contribution in [1.29, 1.82) is 0 Å². The van der Waals surface area contributed by atoms with E-state index >= 15 is 0 Å². The predicted octanol–water partition coefficient (Wildman–Crippen LogP) is 0.834. The van der Waals surface area contributed by atoms with Gasteiger partial charge in [0.1, 0.15) is 11.6 Å². The lowest BCUT2D eigenvalue weighted by molar-refractivity contribution is 0.0321. The van der Waals surface area contributed by atoms with Crippen LogP contribution >= 0.6 is 0 Å². The van der Waals surface area contributed by atoms with Crippen molar-refractivity contribution < 1.29 is 4.74 Å². The summed E-state index contributed by atoms with van der Waals surface area (Å²) in [6.07, 6.45) is 1.04. The zero-order valence-corrected chi connectivity index (χ0v) is 10.2. The van der Waals surface area contributed by atoms with Crippen LogP contribution in [0.3, 0.4) is 0 Å². The van der Waals surface area contributed by atoms with Crippen molar-refractivity contribution in [3.63, 3.8) is 0 Å². The molecular formula is C11H20N4O. The fraction of sp³-hybridized carbons (Fsp3) is 0.818. The maximum atomic E-state index is 5.55. The fourth-order valence-electron chi connectivity index (χ4n) is 2.31. The highest BCUT2D eigenvalue weighted by Crippen LogP contribution is 2.20. The van der Waals surface area contributed by atoms with E-state index in [-0.39, 0.29) is 6.04 Å². The van der Waals surface area contributed by atoms with Gasteiger partial charge in [0, 0.05) is 12.6 Å². The van der Waals surface area contributed by atoms with Crippen molar-refractivity contribution in [3.05, 3.63) is 11.6 Å². The Hall–Kier alpha value is -0.940. The molecule has 2 rings (SSSR count). The third kappa shape index (κ3) is 2.25. The average molecular weight is 224 g/mol. The monoisotopic (exact) mass is 224 g/mol. The zero-order chi connectivity index (χ0) is 11.5. The van der Waals surface area contributed by atoms with Gasteiger partial charge in [-0.2, -0.15) is 5.10 Å². The summed E-state index contributed by atoms with van der Waals surface area (Å²) in [5.74, 6) is 1.80. The van der Waals surface area contributed by atoms with Crippen molar-refractivity contribution in [2.24, 2.45) is 0 Å². The van der Waals surface area contributed by atoms with E-state index in [0.29, 0.717) is 6.04 Å². The van der Waals surface area contributed by atoms with E-state index in [0.717, 1.165) is 37.8 Å². The summed E-state index contributed by atoms with van der Waals surface area (Å²) in [5, 5.41) is 7.95. The second-order valence-electron chi connectivity index (χ2n) is 4.25. The molecule has 0 aromatic carbocycles. The lowest BCUT2D eigenvalue weighted by Gasteiger charge is -2.32. The summed E-state index contributed by atoms with van der Waals surface area (Å²) in [5.41, 5.74) is 0. The molecule has 5 heteroatoms. The highest BCUT2D eigenvalue weighted by atomic mass is 16.5. The van der Waals surface area contributed by atoms with Gasteiger partial charge in [-0.15, -0.1) is 0 Å². The van der Waals surface area contributed by atoms with E-state index in [4.69, 9.17) is 4.74 Å². The number of likely N-dealkylation sites (N-methyl/N-ethyl adjacent to an activating group) is 1. The number of aryl methyl sites for hydroxylation is 2. The first-order valence-corrected chi connectivity index (χ1v) is 5.93. The van der Waals surface area contributed by atoms with Gasteiger partial charge in [-0.25, -0.2) is 9.67 Å². The van der Waals surface area contributed by atoms with E-state index in [1.165, 1.54) is 0 Å². The molecule has 90 valence electrons. The first-order valence-electron chi connectivity index (χ1n) is 5.93. The minimum atomic E-state index is 0.273. The molecule has 2 heterocycles. The molecule has 5 nitrogen and oxygen atoms in total. The molecule has 0 saturated carbocycles. The minimum Gasteiger partial charge on any atom is -0.379 e. The molecule has 0 bridgehead atoms. The van der Waals surface area contributed by atoms with E-state index in [1.807, 2.05) is 18.5 Å². The first-order chi connectivity index (χ1) is 7.72. The molecule has 1 aliphatic rings. The molecule has 1 fully saturated rings. The molecule has 0 radical (unpaired) electrons. The number of nitrogens with one attached hydrogen (secondary N) is 1. The Morgan fingerprint density at radius 3 is 2.94 bits per heavy atom. The zero-order valence-electron chi connectivity index (χ0n) is 10.2. The molecule has 0 aliphatic carbocycles. The molecule has 1 N–H and O–H groups in total. The standard InChI is InChI=1S/C11H20N4O/c1-4-12-10-5-6-16-7-11(10)15-9(3)13-8(2)14-15/h10-12H,4-7H2,1-3H3. The van der Waals surface area contributed by atoms with Crippen LogP contribution < -0.4 is 5.32 Å². The van der Waals surface area contributed by atoms with Gasteiger partial charge < -0.3 is 10.1 Å². The van der Waals surface area contributed by atoms with Crippen LogP contribution in [0.2, 0.25) is 0 Å². The second kappa shape index (κ2) is 4.93. The quantitative estimate of drug-likeness (QED) is 0.826. The van der Waals surface area contributed by atoms with E-state index in [2.05, 4.69) is 22.3 Å². The van der Waals surface area contributed by atoms with E-state index in [1.54, 1.807) is 0 Å². The van der Waals surface area contributed by atoms with Crippen LogP contribution in [0.25, 0.3) is 0 Å². The van der Waals surface area contributed by atoms with Crippen molar-refractivity contribution in [1.82, 2.24) is 20.1 Å². The molecule has 16 heavy (non-hydrogen) atoms. The van der Waals surface area contributed by atoms with Crippen molar-refractivity contribution in [2.45, 2.75) is 39.3 Å². The molecule has 1 aliphatic heterocycles. The van der Waals surface area contributed by atoms with Crippen molar-refractivity contribution >= 4 is 0 Å². The van der Waals surface area contributed by atoms with Gasteiger partial charge in [-0.3, -0.25) is 0 Å². The maximum Gasteiger partial charge on any atom is 0.147 e. The molecule has 2 atom stereocenters. The Morgan fingerprint density at radius 1 is 1.50 bits per heavy atom. The SMILES string of the molecule is CCNC1CCOCC1n1nc(C)nc1C. The lowest BCUT2D eigenvalue weighted by atomic mass is 10.0. The number of hydrogen-bond donors (Lipinski definition) is 1. The first kappa shape index (κ1) is 11.5. The Labute approximate surface area is 96.2 Å². The fourth-order valence-corrected chi connectivity index (χ4v) is 2.31. The molecule has 1 aromatic rings. The molecule has 0 spiro atoms. The van der Waals surface area contributed by atoms with Crippen molar-refractivity contribution in [3.8, 4) is 0 Å². The molecule has 0 amide bonds. The van der Waals surface area contributed by atoms with Crippen LogP contribution in [0.1, 0.15) is 31.0 Å². The van der Waals surface area contributed by atoms with Gasteiger partial charge in [0.2, 0.25) is 0 Å². The predicted molar refractivity (Wildman–Crippen MR) is 61.4 cm³/mol. The van der Waals surface area contributed by atoms with Gasteiger partial charge >= 0.3 is 0 Å². The Bertz CT molecular complexity index is 348. The molecule has 1 saturated heterocycles. The van der Waals surface area contributed by atoms with Gasteiger partial charge in [0.25, 0.3) is 0 Å². The average Bonchev–Trinajstić information content (AvgIpc) is 2.59. The highest BCUT2D eigenvalue weighted by molar-refractivity contribution is 4.94. The maximum absolute atomic E-state index is 5.55. The second-order valence-corrected chi connectivity index (χ2v) is 4.25. The van der Waals surface area contributed by atoms with E-state index < -0.39 is 0 Å². The van der Waals surface area contributed by atoms with E-state index in [9.17, 15) is 0 Å². The minimum absolute atomic E-state index is 0.273. The third-order valence-electron chi connectivity index (χ3n) is 3.01. The van der Waals surface area contributed by atoms with Gasteiger partial charge in [0.05, 0.1) is 12.6 Å². The van der Waals surface area contributed by atoms with Crippen LogP contribution in [-0.2, 0) is 4.74 Å². The van der Waals surface area contributed by atoms with Gasteiger partial charge in [-0.1, -0.05) is 6.92 Å².